The summed E-state index contributed by atoms with van der Waals surface area (Å²) in [7, 11) is 1.65. The fourth-order valence-electron chi connectivity index (χ4n) is 1.25. The Kier molecular flexibility index (Phi) is 5.86. The van der Waals surface area contributed by atoms with Crippen LogP contribution in [0.5, 0.6) is 11.5 Å². The summed E-state index contributed by atoms with van der Waals surface area (Å²) in [5.41, 5.74) is 0.416. The monoisotopic (exact) mass is 256 g/mol. The fraction of sp³-hybridized carbons (Fsp3) is 0.417. The molecule has 0 aliphatic carbocycles. The molecule has 0 spiro atoms. The van der Waals surface area contributed by atoms with Gasteiger partial charge < -0.3 is 14.9 Å². The van der Waals surface area contributed by atoms with Crippen molar-refractivity contribution in [1.82, 2.24) is 0 Å². The highest BCUT2D eigenvalue weighted by Gasteiger charge is 2.08. The molecule has 17 heavy (non-hydrogen) atoms. The first kappa shape index (κ1) is 13.9. The van der Waals surface area contributed by atoms with E-state index in [0.717, 1.165) is 12.2 Å². The second-order valence-electron chi connectivity index (χ2n) is 3.53. The minimum absolute atomic E-state index is 0.0530. The van der Waals surface area contributed by atoms with Gasteiger partial charge in [0.1, 0.15) is 0 Å². The zero-order valence-corrected chi connectivity index (χ0v) is 10.5. The average molecular weight is 256 g/mol. The zero-order valence-electron chi connectivity index (χ0n) is 9.68. The molecule has 0 fully saturated rings. The number of phenolic OH excluding ortho intramolecular Hbond substituents is 2. The molecular formula is C12H16O4S. The Bertz CT molecular complexity index is 379. The summed E-state index contributed by atoms with van der Waals surface area (Å²) in [5.74, 6) is 0.703. The van der Waals surface area contributed by atoms with Crippen LogP contribution < -0.4 is 0 Å². The lowest BCUT2D eigenvalue weighted by atomic mass is 10.1. The van der Waals surface area contributed by atoms with Gasteiger partial charge in [-0.2, -0.15) is 11.8 Å². The molecular weight excluding hydrogens is 240 g/mol. The van der Waals surface area contributed by atoms with Crippen LogP contribution in [0.15, 0.2) is 18.2 Å². The molecule has 1 rings (SSSR count). The van der Waals surface area contributed by atoms with Crippen molar-refractivity contribution in [2.75, 3.05) is 25.2 Å². The van der Waals surface area contributed by atoms with E-state index in [4.69, 9.17) is 9.84 Å². The van der Waals surface area contributed by atoms with E-state index in [2.05, 4.69) is 0 Å². The summed E-state index contributed by atoms with van der Waals surface area (Å²) >= 11 is 1.53. The number of ketones is 1. The van der Waals surface area contributed by atoms with E-state index in [-0.39, 0.29) is 17.3 Å². The van der Waals surface area contributed by atoms with Crippen LogP contribution in [0.25, 0.3) is 0 Å². The third-order valence-electron chi connectivity index (χ3n) is 2.17. The Balaban J connectivity index is 2.39. The number of phenols is 2. The number of rotatable bonds is 7. The first-order valence-electron chi connectivity index (χ1n) is 5.27. The summed E-state index contributed by atoms with van der Waals surface area (Å²) in [6.45, 7) is 0.696. The number of carbonyl (C=O) groups excluding carboxylic acids is 1. The van der Waals surface area contributed by atoms with Crippen LogP contribution in [0.3, 0.4) is 0 Å². The molecule has 0 aliphatic heterocycles. The SMILES string of the molecule is COCCCSCC(=O)c1ccc(O)c(O)c1. The van der Waals surface area contributed by atoms with E-state index in [0.29, 0.717) is 17.9 Å². The molecule has 5 heteroatoms. The second-order valence-corrected chi connectivity index (χ2v) is 4.63. The fourth-order valence-corrected chi connectivity index (χ4v) is 2.07. The van der Waals surface area contributed by atoms with Gasteiger partial charge in [0.15, 0.2) is 17.3 Å². The highest BCUT2D eigenvalue weighted by atomic mass is 32.2. The van der Waals surface area contributed by atoms with Crippen molar-refractivity contribution in [2.45, 2.75) is 6.42 Å². The number of carbonyl (C=O) groups is 1. The lowest BCUT2D eigenvalue weighted by Gasteiger charge is -2.03. The van der Waals surface area contributed by atoms with Gasteiger partial charge in [-0.15, -0.1) is 0 Å². The molecule has 4 nitrogen and oxygen atoms in total. The first-order chi connectivity index (χ1) is 8.15. The third kappa shape index (κ3) is 4.66. The smallest absolute Gasteiger partial charge is 0.172 e. The van der Waals surface area contributed by atoms with Crippen molar-refractivity contribution in [3.8, 4) is 11.5 Å². The molecule has 0 amide bonds. The molecule has 0 aromatic heterocycles. The lowest BCUT2D eigenvalue weighted by molar-refractivity contribution is 0.102. The molecule has 0 radical (unpaired) electrons. The summed E-state index contributed by atoms with van der Waals surface area (Å²) in [6.07, 6.45) is 0.912. The van der Waals surface area contributed by atoms with Crippen LogP contribution >= 0.6 is 11.8 Å². The van der Waals surface area contributed by atoms with Gasteiger partial charge in [-0.25, -0.2) is 0 Å². The number of aromatic hydroxyl groups is 2. The van der Waals surface area contributed by atoms with E-state index in [1.807, 2.05) is 0 Å². The van der Waals surface area contributed by atoms with Crippen LogP contribution in [0.1, 0.15) is 16.8 Å². The Morgan fingerprint density at radius 3 is 2.76 bits per heavy atom. The van der Waals surface area contributed by atoms with E-state index in [9.17, 15) is 9.90 Å². The quantitative estimate of drug-likeness (QED) is 0.444. The second kappa shape index (κ2) is 7.19. The number of methoxy groups -OCH3 is 1. The van der Waals surface area contributed by atoms with E-state index in [1.165, 1.54) is 30.0 Å². The van der Waals surface area contributed by atoms with Crippen LogP contribution in [0.2, 0.25) is 0 Å². The number of hydrogen-bond acceptors (Lipinski definition) is 5. The van der Waals surface area contributed by atoms with Crippen LogP contribution in [0.4, 0.5) is 0 Å². The van der Waals surface area contributed by atoms with Crippen molar-refractivity contribution in [1.29, 1.82) is 0 Å². The number of Topliss-reactive ketones (excluding diaryl/α,β-unsaturated/α-hetero) is 1. The molecule has 0 aliphatic rings. The molecule has 0 saturated carbocycles. The van der Waals surface area contributed by atoms with Crippen molar-refractivity contribution in [2.24, 2.45) is 0 Å². The highest BCUT2D eigenvalue weighted by molar-refractivity contribution is 7.99. The molecule has 0 unspecified atom stereocenters. The van der Waals surface area contributed by atoms with Gasteiger partial charge in [-0.3, -0.25) is 4.79 Å². The molecule has 0 saturated heterocycles. The maximum absolute atomic E-state index is 11.7. The summed E-state index contributed by atoms with van der Waals surface area (Å²) in [6, 6.07) is 4.11. The first-order valence-corrected chi connectivity index (χ1v) is 6.42. The molecule has 94 valence electrons. The van der Waals surface area contributed by atoms with E-state index >= 15 is 0 Å². The molecule has 1 aromatic carbocycles. The van der Waals surface area contributed by atoms with Crippen molar-refractivity contribution in [3.05, 3.63) is 23.8 Å². The van der Waals surface area contributed by atoms with Gasteiger partial charge in [-0.05, 0) is 30.4 Å². The highest BCUT2D eigenvalue weighted by Crippen LogP contribution is 2.25. The number of benzene rings is 1. The number of thioether (sulfide) groups is 1. The van der Waals surface area contributed by atoms with Crippen LogP contribution in [-0.2, 0) is 4.74 Å². The maximum atomic E-state index is 11.7. The minimum atomic E-state index is -0.264. The zero-order chi connectivity index (χ0) is 12.7. The largest absolute Gasteiger partial charge is 0.504 e. The van der Waals surface area contributed by atoms with Crippen molar-refractivity contribution in [3.63, 3.8) is 0 Å². The minimum Gasteiger partial charge on any atom is -0.504 e. The van der Waals surface area contributed by atoms with E-state index < -0.39 is 0 Å². The summed E-state index contributed by atoms with van der Waals surface area (Å²) < 4.78 is 4.90. The predicted octanol–water partition coefficient (Wildman–Crippen LogP) is 2.05. The Morgan fingerprint density at radius 2 is 2.12 bits per heavy atom. The molecule has 0 bridgehead atoms. The van der Waals surface area contributed by atoms with Gasteiger partial charge in [0.25, 0.3) is 0 Å². The van der Waals surface area contributed by atoms with Gasteiger partial charge in [0.05, 0.1) is 5.75 Å². The molecule has 1 aromatic rings. The molecule has 0 heterocycles. The van der Waals surface area contributed by atoms with Crippen molar-refractivity contribution >= 4 is 17.5 Å². The van der Waals surface area contributed by atoms with Gasteiger partial charge in [0, 0.05) is 19.3 Å². The standard InChI is InChI=1S/C12H16O4S/c1-16-5-2-6-17-8-12(15)9-3-4-10(13)11(14)7-9/h3-4,7,13-14H,2,5-6,8H2,1H3. The average Bonchev–Trinajstić information content (AvgIpc) is 2.32. The van der Waals surface area contributed by atoms with Gasteiger partial charge in [0.2, 0.25) is 0 Å². The maximum Gasteiger partial charge on any atom is 0.172 e. The Morgan fingerprint density at radius 1 is 1.35 bits per heavy atom. The molecule has 0 atom stereocenters. The normalized spacial score (nSPS) is 10.4. The topological polar surface area (TPSA) is 66.8 Å². The summed E-state index contributed by atoms with van der Waals surface area (Å²) in [5, 5.41) is 18.4. The Labute approximate surface area is 105 Å². The van der Waals surface area contributed by atoms with Crippen LogP contribution in [-0.4, -0.2) is 41.2 Å². The lowest BCUT2D eigenvalue weighted by Crippen LogP contribution is -2.03. The van der Waals surface area contributed by atoms with Crippen molar-refractivity contribution < 1.29 is 19.7 Å². The summed E-state index contributed by atoms with van der Waals surface area (Å²) in [4.78, 5) is 11.7. The van der Waals surface area contributed by atoms with E-state index in [1.54, 1.807) is 7.11 Å². The van der Waals surface area contributed by atoms with Crippen LogP contribution in [0, 0.1) is 0 Å². The predicted molar refractivity (Wildman–Crippen MR) is 67.9 cm³/mol. The van der Waals surface area contributed by atoms with Gasteiger partial charge >= 0.3 is 0 Å². The Hall–Kier alpha value is -1.20. The third-order valence-corrected chi connectivity index (χ3v) is 3.21. The molecule has 2 N–H and O–H groups in total. The van der Waals surface area contributed by atoms with Gasteiger partial charge in [-0.1, -0.05) is 0 Å². The number of ether oxygens (including phenoxy) is 1. The number of hydrogen-bond donors (Lipinski definition) is 2.